The van der Waals surface area contributed by atoms with Crippen molar-refractivity contribution in [2.75, 3.05) is 13.7 Å². The fraction of sp³-hybridized carbons (Fsp3) is 0.471. The van der Waals surface area contributed by atoms with Crippen molar-refractivity contribution >= 4 is 17.7 Å². The van der Waals surface area contributed by atoms with Gasteiger partial charge in [0.2, 0.25) is 0 Å². The van der Waals surface area contributed by atoms with Crippen molar-refractivity contribution in [1.82, 2.24) is 0 Å². The van der Waals surface area contributed by atoms with E-state index in [1.165, 1.54) is 7.11 Å². The Hall–Kier alpha value is -2.17. The third-order valence-electron chi connectivity index (χ3n) is 3.91. The predicted octanol–water partition coefficient (Wildman–Crippen LogP) is 2.61. The molecule has 1 aromatic carbocycles. The summed E-state index contributed by atoms with van der Waals surface area (Å²) in [4.78, 5) is 28.3. The van der Waals surface area contributed by atoms with Gasteiger partial charge in [-0.05, 0) is 25.8 Å². The number of ether oxygens (including phenoxy) is 2. The van der Waals surface area contributed by atoms with Crippen LogP contribution in [0.3, 0.4) is 0 Å². The van der Waals surface area contributed by atoms with E-state index in [9.17, 15) is 9.59 Å². The fourth-order valence-electron chi connectivity index (χ4n) is 2.92. The molecule has 0 bridgehead atoms. The second kappa shape index (κ2) is 6.73. The second-order valence-electron chi connectivity index (χ2n) is 5.33. The van der Waals surface area contributed by atoms with Crippen LogP contribution < -0.4 is 0 Å². The molecule has 1 aliphatic heterocycles. The molecule has 22 heavy (non-hydrogen) atoms. The Morgan fingerprint density at radius 3 is 2.64 bits per heavy atom. The lowest BCUT2D eigenvalue weighted by atomic mass is 9.82. The number of nitrogens with zero attached hydrogens (tertiary/aromatic N) is 1. The largest absolute Gasteiger partial charge is 0.469 e. The van der Waals surface area contributed by atoms with Gasteiger partial charge >= 0.3 is 11.9 Å². The van der Waals surface area contributed by atoms with Crippen molar-refractivity contribution in [3.05, 3.63) is 35.4 Å². The summed E-state index contributed by atoms with van der Waals surface area (Å²) in [5.41, 5.74) is 2.15. The molecular weight excluding hydrogens is 282 g/mol. The van der Waals surface area contributed by atoms with Crippen LogP contribution in [0.4, 0.5) is 0 Å². The first-order valence-electron chi connectivity index (χ1n) is 7.41. The molecule has 118 valence electrons. The van der Waals surface area contributed by atoms with Crippen molar-refractivity contribution in [3.63, 3.8) is 0 Å². The number of esters is 2. The third kappa shape index (κ3) is 3.18. The van der Waals surface area contributed by atoms with Crippen LogP contribution in [0.2, 0.25) is 0 Å². The first-order chi connectivity index (χ1) is 10.5. The summed E-state index contributed by atoms with van der Waals surface area (Å²) in [5.74, 6) is -0.610. The highest BCUT2D eigenvalue weighted by Gasteiger charge is 2.41. The van der Waals surface area contributed by atoms with Gasteiger partial charge < -0.3 is 9.47 Å². The number of hydrogen-bond acceptors (Lipinski definition) is 5. The zero-order chi connectivity index (χ0) is 16.2. The normalized spacial score (nSPS) is 19.3. The Kier molecular flexibility index (Phi) is 4.96. The predicted molar refractivity (Wildman–Crippen MR) is 82.8 cm³/mol. The van der Waals surface area contributed by atoms with Gasteiger partial charge in [0.15, 0.2) is 0 Å². The first kappa shape index (κ1) is 16.2. The molecule has 5 heteroatoms. The number of aliphatic imine (C=N–C) groups is 1. The van der Waals surface area contributed by atoms with Crippen LogP contribution in [0, 0.1) is 0 Å². The van der Waals surface area contributed by atoms with E-state index in [0.717, 1.165) is 16.8 Å². The molecule has 0 aliphatic carbocycles. The van der Waals surface area contributed by atoms with Gasteiger partial charge in [-0.25, -0.2) is 0 Å². The molecule has 0 radical (unpaired) electrons. The van der Waals surface area contributed by atoms with Crippen LogP contribution in [0.1, 0.15) is 44.2 Å². The molecular formula is C17H21NO4. The second-order valence-corrected chi connectivity index (χ2v) is 5.33. The molecule has 1 heterocycles. The zero-order valence-corrected chi connectivity index (χ0v) is 13.2. The van der Waals surface area contributed by atoms with Crippen LogP contribution >= 0.6 is 0 Å². The summed E-state index contributed by atoms with van der Waals surface area (Å²) in [7, 11) is 1.36. The van der Waals surface area contributed by atoms with E-state index in [2.05, 4.69) is 0 Å². The summed E-state index contributed by atoms with van der Waals surface area (Å²) >= 11 is 0. The number of carbonyl (C=O) groups is 2. The van der Waals surface area contributed by atoms with Gasteiger partial charge in [0.05, 0.1) is 25.7 Å². The monoisotopic (exact) mass is 303 g/mol. The minimum absolute atomic E-state index is 0.131. The molecule has 5 nitrogen and oxygen atoms in total. The molecule has 2 rings (SSSR count). The molecule has 0 saturated carbocycles. The smallest absolute Gasteiger partial charge is 0.308 e. The van der Waals surface area contributed by atoms with Gasteiger partial charge in [0.25, 0.3) is 0 Å². The fourth-order valence-corrected chi connectivity index (χ4v) is 2.92. The Bertz CT molecular complexity index is 608. The van der Waals surface area contributed by atoms with Crippen LogP contribution in [-0.4, -0.2) is 31.4 Å². The van der Waals surface area contributed by atoms with E-state index < -0.39 is 5.54 Å². The lowest BCUT2D eigenvalue weighted by Crippen LogP contribution is -2.28. The number of fused-ring (bicyclic) bond motifs is 1. The van der Waals surface area contributed by atoms with Crippen LogP contribution in [-0.2, 0) is 24.6 Å². The summed E-state index contributed by atoms with van der Waals surface area (Å²) in [6.07, 6.45) is 0.764. The van der Waals surface area contributed by atoms with E-state index in [4.69, 9.17) is 14.5 Å². The first-order valence-corrected chi connectivity index (χ1v) is 7.41. The molecule has 1 atom stereocenters. The van der Waals surface area contributed by atoms with Gasteiger partial charge in [-0.2, -0.15) is 0 Å². The van der Waals surface area contributed by atoms with E-state index in [-0.39, 0.29) is 24.8 Å². The molecule has 1 aromatic rings. The topological polar surface area (TPSA) is 65.0 Å². The van der Waals surface area contributed by atoms with E-state index in [1.54, 1.807) is 6.92 Å². The molecule has 1 aliphatic rings. The minimum Gasteiger partial charge on any atom is -0.469 e. The van der Waals surface area contributed by atoms with Crippen molar-refractivity contribution in [1.29, 1.82) is 0 Å². The maximum atomic E-state index is 12.0. The number of methoxy groups -OCH3 is 1. The highest BCUT2D eigenvalue weighted by molar-refractivity contribution is 6.03. The Balaban J connectivity index is 2.35. The average molecular weight is 303 g/mol. The lowest BCUT2D eigenvalue weighted by Gasteiger charge is -2.26. The van der Waals surface area contributed by atoms with E-state index in [1.807, 2.05) is 31.2 Å². The van der Waals surface area contributed by atoms with Crippen molar-refractivity contribution in [3.8, 4) is 0 Å². The van der Waals surface area contributed by atoms with Crippen molar-refractivity contribution in [2.24, 2.45) is 4.99 Å². The summed E-state index contributed by atoms with van der Waals surface area (Å²) < 4.78 is 9.81. The maximum absolute atomic E-state index is 12.0. The van der Waals surface area contributed by atoms with Crippen LogP contribution in [0.15, 0.2) is 29.3 Å². The zero-order valence-electron chi connectivity index (χ0n) is 13.2. The molecule has 0 amide bonds. The number of hydrogen-bond donors (Lipinski definition) is 0. The highest BCUT2D eigenvalue weighted by Crippen LogP contribution is 2.42. The molecule has 0 aromatic heterocycles. The van der Waals surface area contributed by atoms with Crippen molar-refractivity contribution < 1.29 is 19.1 Å². The lowest BCUT2D eigenvalue weighted by molar-refractivity contribution is -0.146. The van der Waals surface area contributed by atoms with Gasteiger partial charge in [-0.3, -0.25) is 14.6 Å². The number of carbonyl (C=O) groups excluding carboxylic acids is 2. The molecule has 0 spiro atoms. The standard InChI is InChI=1S/C17H21NO4/c1-4-22-16(20)11-17(10-9-15(19)21-3)14-8-6-5-7-13(14)12(2)18-17/h5-8H,4,9-11H2,1-3H3. The summed E-state index contributed by atoms with van der Waals surface area (Å²) in [6.45, 7) is 4.02. The minimum atomic E-state index is -0.735. The Labute approximate surface area is 130 Å². The number of benzene rings is 1. The van der Waals surface area contributed by atoms with Gasteiger partial charge in [0, 0.05) is 17.7 Å². The molecule has 0 N–H and O–H groups in total. The quantitative estimate of drug-likeness (QED) is 0.758. The Morgan fingerprint density at radius 2 is 1.95 bits per heavy atom. The highest BCUT2D eigenvalue weighted by atomic mass is 16.5. The maximum Gasteiger partial charge on any atom is 0.308 e. The van der Waals surface area contributed by atoms with E-state index >= 15 is 0 Å². The van der Waals surface area contributed by atoms with Gasteiger partial charge in [-0.15, -0.1) is 0 Å². The van der Waals surface area contributed by atoms with E-state index in [0.29, 0.717) is 13.0 Å². The van der Waals surface area contributed by atoms with Gasteiger partial charge in [0.1, 0.15) is 0 Å². The summed E-state index contributed by atoms with van der Waals surface area (Å²) in [5, 5.41) is 0. The molecule has 1 unspecified atom stereocenters. The van der Waals surface area contributed by atoms with Crippen LogP contribution in [0.5, 0.6) is 0 Å². The number of rotatable bonds is 6. The third-order valence-corrected chi connectivity index (χ3v) is 3.91. The molecule has 0 saturated heterocycles. The SMILES string of the molecule is CCOC(=O)CC1(CCC(=O)OC)N=C(C)c2ccccc21. The average Bonchev–Trinajstić information content (AvgIpc) is 2.78. The van der Waals surface area contributed by atoms with Crippen LogP contribution in [0.25, 0.3) is 0 Å². The molecule has 0 fully saturated rings. The van der Waals surface area contributed by atoms with Gasteiger partial charge in [-0.1, -0.05) is 24.3 Å². The van der Waals surface area contributed by atoms with Crippen molar-refractivity contribution in [2.45, 2.75) is 38.6 Å². The Morgan fingerprint density at radius 1 is 1.23 bits per heavy atom. The summed E-state index contributed by atoms with van der Waals surface area (Å²) in [6, 6.07) is 7.81.